The lowest BCUT2D eigenvalue weighted by atomic mass is 10.2. The Labute approximate surface area is 98.7 Å². The van der Waals surface area contributed by atoms with Gasteiger partial charge in [0.05, 0.1) is 0 Å². The van der Waals surface area contributed by atoms with E-state index < -0.39 is 32.0 Å². The summed E-state index contributed by atoms with van der Waals surface area (Å²) in [6, 6.07) is 2.23. The molecule has 0 saturated carbocycles. The number of rotatable bonds is 4. The average molecular weight is 295 g/mol. The smallest absolute Gasteiger partial charge is 0.509 e. The Morgan fingerprint density at radius 1 is 1.00 bits per heavy atom. The van der Waals surface area contributed by atoms with Crippen molar-refractivity contribution in [2.45, 2.75) is 0 Å². The molecule has 16 heavy (non-hydrogen) atoms. The van der Waals surface area contributed by atoms with Crippen LogP contribution in [0.25, 0.3) is 0 Å². The van der Waals surface area contributed by atoms with Crippen molar-refractivity contribution in [3.05, 3.63) is 22.4 Å². The molecule has 6 nitrogen and oxygen atoms in total. The molecule has 0 saturated heterocycles. The van der Waals surface area contributed by atoms with Crippen molar-refractivity contribution in [2.75, 3.05) is 0 Å². The highest BCUT2D eigenvalue weighted by Crippen LogP contribution is 2.31. The second-order valence-corrected chi connectivity index (χ2v) is 3.52. The van der Waals surface area contributed by atoms with Gasteiger partial charge in [-0.05, 0) is 12.1 Å². The maximum Gasteiger partial charge on any atom is 0.707 e. The highest BCUT2D eigenvalue weighted by molar-refractivity contribution is 9.10. The fraction of sp³-hybridized carbons (Fsp3) is 0. The highest BCUT2D eigenvalue weighted by atomic mass is 79.9. The standard InChI is InChI=1S/C6H6B2BrFO6/c9-3-1-4(15-7(11)12)6(10)5(2-3)16-8(13)14/h1-2,11-14H. The van der Waals surface area contributed by atoms with E-state index in [0.29, 0.717) is 4.47 Å². The molecule has 0 amide bonds. The minimum Gasteiger partial charge on any atom is -0.509 e. The normalized spacial score (nSPS) is 9.88. The van der Waals surface area contributed by atoms with Gasteiger partial charge in [-0.1, -0.05) is 15.9 Å². The molecule has 0 radical (unpaired) electrons. The zero-order chi connectivity index (χ0) is 12.3. The van der Waals surface area contributed by atoms with E-state index in [4.69, 9.17) is 20.1 Å². The number of halogens is 2. The third-order valence-corrected chi connectivity index (χ3v) is 1.89. The van der Waals surface area contributed by atoms with Crippen LogP contribution in [0.4, 0.5) is 4.39 Å². The van der Waals surface area contributed by atoms with Gasteiger partial charge >= 0.3 is 14.6 Å². The highest BCUT2D eigenvalue weighted by Gasteiger charge is 2.21. The first kappa shape index (κ1) is 13.3. The Hall–Kier alpha value is -0.800. The van der Waals surface area contributed by atoms with E-state index in [0.717, 1.165) is 12.1 Å². The van der Waals surface area contributed by atoms with Crippen LogP contribution in [0.2, 0.25) is 0 Å². The van der Waals surface area contributed by atoms with Crippen LogP contribution in [0.15, 0.2) is 16.6 Å². The van der Waals surface area contributed by atoms with Crippen molar-refractivity contribution in [3.8, 4) is 11.5 Å². The van der Waals surface area contributed by atoms with Gasteiger partial charge in [0.25, 0.3) is 0 Å². The summed E-state index contributed by atoms with van der Waals surface area (Å²) >= 11 is 2.97. The predicted molar refractivity (Wildman–Crippen MR) is 55.7 cm³/mol. The van der Waals surface area contributed by atoms with Gasteiger partial charge in [-0.3, -0.25) is 0 Å². The summed E-state index contributed by atoms with van der Waals surface area (Å²) in [6.07, 6.45) is 0. The molecule has 1 rings (SSSR count). The van der Waals surface area contributed by atoms with E-state index in [2.05, 4.69) is 25.2 Å². The Morgan fingerprint density at radius 3 is 1.69 bits per heavy atom. The van der Waals surface area contributed by atoms with Crippen LogP contribution >= 0.6 is 15.9 Å². The number of benzene rings is 1. The van der Waals surface area contributed by atoms with Gasteiger partial charge in [0, 0.05) is 4.47 Å². The van der Waals surface area contributed by atoms with Crippen LogP contribution in [0.1, 0.15) is 0 Å². The van der Waals surface area contributed by atoms with E-state index in [1.54, 1.807) is 0 Å². The van der Waals surface area contributed by atoms with E-state index >= 15 is 0 Å². The summed E-state index contributed by atoms with van der Waals surface area (Å²) in [6.45, 7) is 0. The van der Waals surface area contributed by atoms with Crippen molar-refractivity contribution in [1.29, 1.82) is 0 Å². The molecular weight excluding hydrogens is 289 g/mol. The van der Waals surface area contributed by atoms with Crippen molar-refractivity contribution < 1.29 is 33.8 Å². The summed E-state index contributed by atoms with van der Waals surface area (Å²) in [7, 11) is -4.40. The van der Waals surface area contributed by atoms with Gasteiger partial charge in [-0.25, -0.2) is 0 Å². The van der Waals surface area contributed by atoms with Gasteiger partial charge < -0.3 is 29.4 Å². The summed E-state index contributed by atoms with van der Waals surface area (Å²) in [5, 5.41) is 34.0. The van der Waals surface area contributed by atoms with Gasteiger partial charge in [0.1, 0.15) is 11.5 Å². The van der Waals surface area contributed by atoms with Crippen LogP contribution in [-0.2, 0) is 0 Å². The molecule has 0 aliphatic rings. The Balaban J connectivity index is 3.05. The van der Waals surface area contributed by atoms with Gasteiger partial charge in [-0.2, -0.15) is 4.39 Å². The van der Waals surface area contributed by atoms with E-state index in [9.17, 15) is 4.39 Å². The van der Waals surface area contributed by atoms with Crippen molar-refractivity contribution in [1.82, 2.24) is 0 Å². The quantitative estimate of drug-likeness (QED) is 0.547. The van der Waals surface area contributed by atoms with Crippen LogP contribution in [0.5, 0.6) is 11.5 Å². The molecule has 0 aromatic heterocycles. The molecule has 1 aromatic carbocycles. The fourth-order valence-electron chi connectivity index (χ4n) is 0.939. The molecule has 0 heterocycles. The topological polar surface area (TPSA) is 99.4 Å². The minimum absolute atomic E-state index is 0.292. The van der Waals surface area contributed by atoms with Gasteiger partial charge in [0.2, 0.25) is 5.82 Å². The molecule has 0 spiro atoms. The molecule has 0 atom stereocenters. The van der Waals surface area contributed by atoms with Crippen molar-refractivity contribution >= 4 is 30.6 Å². The molecule has 1 aromatic rings. The molecule has 4 N–H and O–H groups in total. The molecule has 0 bridgehead atoms. The van der Waals surface area contributed by atoms with E-state index in [-0.39, 0.29) is 0 Å². The Kier molecular flexibility index (Phi) is 4.56. The Morgan fingerprint density at radius 2 is 1.38 bits per heavy atom. The molecular formula is C6H6B2BrFO6. The largest absolute Gasteiger partial charge is 0.707 e. The van der Waals surface area contributed by atoms with E-state index in [1.165, 1.54) is 0 Å². The second kappa shape index (κ2) is 5.50. The number of hydrogen-bond acceptors (Lipinski definition) is 6. The van der Waals surface area contributed by atoms with Crippen LogP contribution in [0.3, 0.4) is 0 Å². The van der Waals surface area contributed by atoms with Gasteiger partial charge in [0.15, 0.2) is 0 Å². The summed E-state index contributed by atoms with van der Waals surface area (Å²) in [5.74, 6) is -2.12. The van der Waals surface area contributed by atoms with Crippen molar-refractivity contribution in [3.63, 3.8) is 0 Å². The molecule has 0 fully saturated rings. The maximum absolute atomic E-state index is 13.5. The molecule has 10 heteroatoms. The van der Waals surface area contributed by atoms with Gasteiger partial charge in [-0.15, -0.1) is 0 Å². The fourth-order valence-corrected chi connectivity index (χ4v) is 1.35. The summed E-state index contributed by atoms with van der Waals surface area (Å²) in [4.78, 5) is 0. The molecule has 0 aliphatic heterocycles. The third kappa shape index (κ3) is 3.65. The van der Waals surface area contributed by atoms with Crippen molar-refractivity contribution in [2.24, 2.45) is 0 Å². The lowest BCUT2D eigenvalue weighted by molar-refractivity contribution is 0.270. The SMILES string of the molecule is OB(O)Oc1cc(Br)cc(OB(O)O)c1F. The third-order valence-electron chi connectivity index (χ3n) is 1.44. The maximum atomic E-state index is 13.5. The summed E-state index contributed by atoms with van der Waals surface area (Å²) in [5.41, 5.74) is 0. The minimum atomic E-state index is -2.20. The summed E-state index contributed by atoms with van der Waals surface area (Å²) < 4.78 is 22.4. The molecule has 86 valence electrons. The Bertz CT molecular complexity index is 345. The first-order valence-corrected chi connectivity index (χ1v) is 4.74. The lowest BCUT2D eigenvalue weighted by Gasteiger charge is -2.11. The number of hydrogen-bond donors (Lipinski definition) is 4. The van der Waals surface area contributed by atoms with Crippen LogP contribution in [-0.4, -0.2) is 34.7 Å². The van der Waals surface area contributed by atoms with Crippen LogP contribution < -0.4 is 9.31 Å². The predicted octanol–water partition coefficient (Wildman–Crippen LogP) is -0.715. The zero-order valence-corrected chi connectivity index (χ0v) is 9.26. The lowest BCUT2D eigenvalue weighted by Crippen LogP contribution is -2.23. The zero-order valence-electron chi connectivity index (χ0n) is 7.67. The van der Waals surface area contributed by atoms with E-state index in [1.807, 2.05) is 0 Å². The monoisotopic (exact) mass is 294 g/mol. The molecule has 0 aliphatic carbocycles. The average Bonchev–Trinajstić information content (AvgIpc) is 2.11. The first-order valence-electron chi connectivity index (χ1n) is 3.95. The first-order chi connectivity index (χ1) is 7.40. The second-order valence-electron chi connectivity index (χ2n) is 2.60. The van der Waals surface area contributed by atoms with Crippen LogP contribution in [0, 0.1) is 5.82 Å². The molecule has 0 unspecified atom stereocenters.